The molecule has 0 unspecified atom stereocenters. The average Bonchev–Trinajstić information content (AvgIpc) is 2.63. The van der Waals surface area contributed by atoms with Crippen molar-refractivity contribution in [2.45, 2.75) is 13.3 Å². The summed E-state index contributed by atoms with van der Waals surface area (Å²) < 4.78 is 26.1. The Morgan fingerprint density at radius 2 is 1.60 bits per heavy atom. The Hall–Kier alpha value is -2.28. The van der Waals surface area contributed by atoms with Crippen molar-refractivity contribution in [3.05, 3.63) is 48.7 Å². The molecule has 0 radical (unpaired) electrons. The molecule has 25 heavy (non-hydrogen) atoms. The zero-order valence-corrected chi connectivity index (χ0v) is 15.2. The van der Waals surface area contributed by atoms with Crippen LogP contribution in [0.5, 0.6) is 0 Å². The van der Waals surface area contributed by atoms with Crippen LogP contribution in [0.1, 0.15) is 13.3 Å². The fourth-order valence-electron chi connectivity index (χ4n) is 2.97. The van der Waals surface area contributed by atoms with Crippen LogP contribution in [-0.4, -0.2) is 45.3 Å². The number of pyridine rings is 1. The lowest BCUT2D eigenvalue weighted by atomic mass is 10.2. The van der Waals surface area contributed by atoms with Crippen LogP contribution in [0.4, 0.5) is 17.2 Å². The quantitative estimate of drug-likeness (QED) is 0.858. The molecule has 1 aromatic heterocycles. The normalized spacial score (nSPS) is 15.2. The van der Waals surface area contributed by atoms with Crippen molar-refractivity contribution in [3.63, 3.8) is 0 Å². The number of aromatic nitrogens is 1. The summed E-state index contributed by atoms with van der Waals surface area (Å²) in [5, 5.41) is 0. The number of hydrogen-bond donors (Lipinski definition) is 1. The molecule has 1 aliphatic rings. The Bertz CT molecular complexity index is 770. The van der Waals surface area contributed by atoms with E-state index in [0.717, 1.165) is 31.9 Å². The average molecular weight is 360 g/mol. The Morgan fingerprint density at radius 3 is 2.16 bits per heavy atom. The molecule has 0 atom stereocenters. The van der Waals surface area contributed by atoms with E-state index in [2.05, 4.69) is 43.8 Å². The van der Waals surface area contributed by atoms with Crippen LogP contribution in [0.25, 0.3) is 0 Å². The molecule has 0 aliphatic carbocycles. The number of sulfonamides is 1. The molecule has 0 amide bonds. The van der Waals surface area contributed by atoms with Crippen molar-refractivity contribution in [1.82, 2.24) is 4.98 Å². The van der Waals surface area contributed by atoms with Crippen LogP contribution < -0.4 is 14.5 Å². The van der Waals surface area contributed by atoms with E-state index in [0.29, 0.717) is 12.2 Å². The smallest absolute Gasteiger partial charge is 0.233 e. The van der Waals surface area contributed by atoms with Gasteiger partial charge in [0.15, 0.2) is 0 Å². The van der Waals surface area contributed by atoms with Crippen LogP contribution >= 0.6 is 0 Å². The molecule has 6 nitrogen and oxygen atoms in total. The van der Waals surface area contributed by atoms with Gasteiger partial charge in [-0.05, 0) is 30.7 Å². The van der Waals surface area contributed by atoms with Crippen molar-refractivity contribution in [3.8, 4) is 0 Å². The van der Waals surface area contributed by atoms with Gasteiger partial charge in [-0.15, -0.1) is 0 Å². The van der Waals surface area contributed by atoms with Crippen molar-refractivity contribution in [2.75, 3.05) is 46.5 Å². The van der Waals surface area contributed by atoms with E-state index in [1.165, 1.54) is 5.69 Å². The van der Waals surface area contributed by atoms with Gasteiger partial charge in [0.2, 0.25) is 10.0 Å². The van der Waals surface area contributed by atoms with Crippen LogP contribution in [0.3, 0.4) is 0 Å². The number of anilines is 3. The highest BCUT2D eigenvalue weighted by Crippen LogP contribution is 2.21. The van der Waals surface area contributed by atoms with Crippen molar-refractivity contribution < 1.29 is 8.42 Å². The molecule has 3 rings (SSSR count). The maximum Gasteiger partial charge on any atom is 0.233 e. The third-order valence-corrected chi connectivity index (χ3v) is 5.71. The maximum atomic E-state index is 11.8. The molecule has 134 valence electrons. The number of piperazine rings is 1. The zero-order valence-electron chi connectivity index (χ0n) is 14.4. The second-order valence-corrected chi connectivity index (χ2v) is 7.97. The van der Waals surface area contributed by atoms with E-state index in [1.807, 2.05) is 19.1 Å². The SMILES string of the molecule is CCCS(=O)(=O)Nc1ccc(N2CCN(c3ccccc3)CC2)cn1. The molecular formula is C18H24N4O2S. The summed E-state index contributed by atoms with van der Waals surface area (Å²) >= 11 is 0. The fourth-order valence-corrected chi connectivity index (χ4v) is 4.05. The molecule has 7 heteroatoms. The van der Waals surface area contributed by atoms with Gasteiger partial charge in [0, 0.05) is 31.9 Å². The summed E-state index contributed by atoms with van der Waals surface area (Å²) in [4.78, 5) is 8.90. The highest BCUT2D eigenvalue weighted by atomic mass is 32.2. The summed E-state index contributed by atoms with van der Waals surface area (Å²) in [6, 6.07) is 14.1. The van der Waals surface area contributed by atoms with E-state index in [9.17, 15) is 8.42 Å². The van der Waals surface area contributed by atoms with E-state index < -0.39 is 10.0 Å². The van der Waals surface area contributed by atoms with Crippen molar-refractivity contribution in [2.24, 2.45) is 0 Å². The van der Waals surface area contributed by atoms with Gasteiger partial charge in [-0.25, -0.2) is 13.4 Å². The first-order valence-electron chi connectivity index (χ1n) is 8.59. The Morgan fingerprint density at radius 1 is 0.960 bits per heavy atom. The molecule has 1 N–H and O–H groups in total. The molecule has 0 spiro atoms. The molecule has 1 saturated heterocycles. The van der Waals surface area contributed by atoms with Crippen molar-refractivity contribution >= 4 is 27.2 Å². The second-order valence-electron chi connectivity index (χ2n) is 6.13. The first kappa shape index (κ1) is 17.5. The van der Waals surface area contributed by atoms with Gasteiger partial charge in [0.1, 0.15) is 5.82 Å². The third kappa shape index (κ3) is 4.63. The summed E-state index contributed by atoms with van der Waals surface area (Å²) in [6.07, 6.45) is 2.32. The fraction of sp³-hybridized carbons (Fsp3) is 0.389. The van der Waals surface area contributed by atoms with Gasteiger partial charge in [-0.3, -0.25) is 4.72 Å². The summed E-state index contributed by atoms with van der Waals surface area (Å²) in [7, 11) is -3.29. The van der Waals surface area contributed by atoms with E-state index in [4.69, 9.17) is 0 Å². The predicted octanol–water partition coefficient (Wildman–Crippen LogP) is 2.56. The van der Waals surface area contributed by atoms with Gasteiger partial charge >= 0.3 is 0 Å². The van der Waals surface area contributed by atoms with E-state index in [-0.39, 0.29) is 5.75 Å². The van der Waals surface area contributed by atoms with Gasteiger partial charge in [-0.2, -0.15) is 0 Å². The summed E-state index contributed by atoms with van der Waals surface area (Å²) in [5.41, 5.74) is 2.27. The molecule has 1 aromatic carbocycles. The number of para-hydroxylation sites is 1. The lowest BCUT2D eigenvalue weighted by Gasteiger charge is -2.37. The van der Waals surface area contributed by atoms with Gasteiger partial charge < -0.3 is 9.80 Å². The Balaban J connectivity index is 1.59. The van der Waals surface area contributed by atoms with E-state index in [1.54, 1.807) is 12.3 Å². The van der Waals surface area contributed by atoms with Gasteiger partial charge in [0.25, 0.3) is 0 Å². The molecule has 0 saturated carbocycles. The van der Waals surface area contributed by atoms with E-state index >= 15 is 0 Å². The first-order chi connectivity index (χ1) is 12.1. The number of rotatable bonds is 6. The monoisotopic (exact) mass is 360 g/mol. The maximum absolute atomic E-state index is 11.8. The van der Waals surface area contributed by atoms with Crippen LogP contribution in [-0.2, 0) is 10.0 Å². The predicted molar refractivity (Wildman–Crippen MR) is 103 cm³/mol. The highest BCUT2D eigenvalue weighted by molar-refractivity contribution is 7.92. The third-order valence-electron chi connectivity index (χ3n) is 4.25. The lowest BCUT2D eigenvalue weighted by molar-refractivity contribution is 0.599. The van der Waals surface area contributed by atoms with Crippen LogP contribution in [0, 0.1) is 0 Å². The standard InChI is InChI=1S/C18H24N4O2S/c1-2-14-25(23,24)20-18-9-8-17(15-19-18)22-12-10-21(11-13-22)16-6-4-3-5-7-16/h3-9,15H,2,10-14H2,1H3,(H,19,20). The minimum absolute atomic E-state index is 0.109. The topological polar surface area (TPSA) is 65.5 Å². The molecule has 1 aliphatic heterocycles. The summed E-state index contributed by atoms with van der Waals surface area (Å²) in [6.45, 7) is 5.57. The van der Waals surface area contributed by atoms with Gasteiger partial charge in [0.05, 0.1) is 17.6 Å². The Labute approximate surface area is 149 Å². The van der Waals surface area contributed by atoms with Gasteiger partial charge in [-0.1, -0.05) is 25.1 Å². The largest absolute Gasteiger partial charge is 0.368 e. The molecular weight excluding hydrogens is 336 g/mol. The van der Waals surface area contributed by atoms with Crippen LogP contribution in [0.2, 0.25) is 0 Å². The van der Waals surface area contributed by atoms with Crippen LogP contribution in [0.15, 0.2) is 48.7 Å². The second kappa shape index (κ2) is 7.74. The number of hydrogen-bond acceptors (Lipinski definition) is 5. The first-order valence-corrected chi connectivity index (χ1v) is 10.2. The number of benzene rings is 1. The number of nitrogens with one attached hydrogen (secondary N) is 1. The molecule has 2 aromatic rings. The summed E-state index contributed by atoms with van der Waals surface area (Å²) in [5.74, 6) is 0.484. The minimum atomic E-state index is -3.29. The minimum Gasteiger partial charge on any atom is -0.368 e. The number of nitrogens with zero attached hydrogens (tertiary/aromatic N) is 3. The Kier molecular flexibility index (Phi) is 5.43. The lowest BCUT2D eigenvalue weighted by Crippen LogP contribution is -2.46. The highest BCUT2D eigenvalue weighted by Gasteiger charge is 2.18. The van der Waals surface area contributed by atoms with Crippen molar-refractivity contribution in [1.29, 1.82) is 0 Å². The molecule has 1 fully saturated rings. The molecule has 2 heterocycles. The zero-order chi connectivity index (χ0) is 17.7. The molecule has 0 bridgehead atoms.